The Morgan fingerprint density at radius 3 is 2.10 bits per heavy atom. The van der Waals surface area contributed by atoms with E-state index in [2.05, 4.69) is 58.2 Å². The van der Waals surface area contributed by atoms with Gasteiger partial charge in [-0.3, -0.25) is 19.2 Å². The van der Waals surface area contributed by atoms with Gasteiger partial charge in [0, 0.05) is 24.9 Å². The molecule has 0 aliphatic carbocycles. The molecule has 360 valence electrons. The monoisotopic (exact) mass is 927 g/mol. The number of aromatic nitrogens is 4. The Labute approximate surface area is 399 Å². The van der Waals surface area contributed by atoms with Crippen LogP contribution in [0.4, 0.5) is 0 Å². The second kappa shape index (κ2) is 25.7. The van der Waals surface area contributed by atoms with Crippen LogP contribution in [0.1, 0.15) is 110 Å². The van der Waals surface area contributed by atoms with Gasteiger partial charge in [-0.05, 0) is 93.7 Å². The second-order valence-corrected chi connectivity index (χ2v) is 17.3. The molecule has 0 bridgehead atoms. The number of unbranched alkanes of at least 4 members (excludes halogenated alkanes) is 2. The zero-order chi connectivity index (χ0) is 49.2. The smallest absolute Gasteiger partial charge is 0.326 e. The number of ether oxygens (including phenoxy) is 1. The van der Waals surface area contributed by atoms with Gasteiger partial charge in [-0.25, -0.2) is 9.80 Å². The summed E-state index contributed by atoms with van der Waals surface area (Å²) >= 11 is 0. The van der Waals surface area contributed by atoms with Gasteiger partial charge in [0.2, 0.25) is 17.6 Å². The molecule has 3 N–H and O–H groups in total. The lowest BCUT2D eigenvalue weighted by molar-refractivity contribution is -0.153. The number of carbonyl (C=O) groups is 5. The average molecular weight is 928 g/mol. The number of rotatable bonds is 26. The van der Waals surface area contributed by atoms with Crippen LogP contribution in [-0.4, -0.2) is 88.9 Å². The van der Waals surface area contributed by atoms with Crippen molar-refractivity contribution in [1.29, 1.82) is 0 Å². The number of hydrogen-bond donors (Lipinski definition) is 3. The summed E-state index contributed by atoms with van der Waals surface area (Å²) in [7, 11) is 0. The highest BCUT2D eigenvalue weighted by Crippen LogP contribution is 2.31. The summed E-state index contributed by atoms with van der Waals surface area (Å²) in [5.74, 6) is -4.06. The van der Waals surface area contributed by atoms with Crippen LogP contribution in [0.25, 0.3) is 39.7 Å². The fraction of sp³-hybridized carbons (Fsp3) is 0.396. The third kappa shape index (κ3) is 14.7. The maximum atomic E-state index is 14.1. The first-order valence-corrected chi connectivity index (χ1v) is 23.6. The first-order valence-electron chi connectivity index (χ1n) is 23.6. The van der Waals surface area contributed by atoms with E-state index in [9.17, 15) is 34.2 Å². The van der Waals surface area contributed by atoms with Crippen molar-refractivity contribution < 1.29 is 38.9 Å². The Morgan fingerprint density at radius 2 is 1.46 bits per heavy atom. The lowest BCUT2D eigenvalue weighted by atomic mass is 9.94. The highest BCUT2D eigenvalue weighted by atomic mass is 16.5. The van der Waals surface area contributed by atoms with Crippen LogP contribution >= 0.6 is 0 Å². The molecular formula is C53H65N7O8. The molecule has 68 heavy (non-hydrogen) atoms. The highest BCUT2D eigenvalue weighted by Gasteiger charge is 2.33. The summed E-state index contributed by atoms with van der Waals surface area (Å²) in [6.07, 6.45) is 7.79. The summed E-state index contributed by atoms with van der Waals surface area (Å²) < 4.78 is 5.35. The highest BCUT2D eigenvalue weighted by molar-refractivity contribution is 5.84. The van der Waals surface area contributed by atoms with Crippen molar-refractivity contribution in [2.75, 3.05) is 12.1 Å². The molecule has 2 amide bonds. The molecule has 1 aromatic heterocycles. The van der Waals surface area contributed by atoms with Crippen LogP contribution in [0.15, 0.2) is 103 Å². The number of nitrogens with one attached hydrogen (secondary N) is 1. The zero-order valence-electron chi connectivity index (χ0n) is 40.0. The standard InChI is InChI=1S/C53H65N7O8/c1-7-10-12-16-38-17-15-18-43(33-38)41-26-22-39(23-27-41)34-44(32-37(6)53(67)68-9-3)59(48(62)30-31-49(63)64)57-60-55-51(54-56-60)46-20-14-13-19-45(46)42-28-24-40(25-29-42)35-58(47(61)21-11-8-2)50(36(4)5)52(65)66/h12-20,22-29,33,36-37,44,50,57H,7-11,21,30-32,34-35H2,1-6H3,(H,63,64)(H,65,66)/t37-,44?,50?/m1/s1. The summed E-state index contributed by atoms with van der Waals surface area (Å²) in [5, 5.41) is 34.1. The van der Waals surface area contributed by atoms with Gasteiger partial charge in [0.1, 0.15) is 6.04 Å². The third-order valence-electron chi connectivity index (χ3n) is 11.6. The number of benzene rings is 4. The van der Waals surface area contributed by atoms with Gasteiger partial charge < -0.3 is 19.8 Å². The van der Waals surface area contributed by atoms with Gasteiger partial charge in [0.15, 0.2) is 0 Å². The van der Waals surface area contributed by atoms with E-state index in [1.165, 1.54) is 9.91 Å². The van der Waals surface area contributed by atoms with Gasteiger partial charge in [0.25, 0.3) is 0 Å². The van der Waals surface area contributed by atoms with Crippen molar-refractivity contribution in [1.82, 2.24) is 30.2 Å². The van der Waals surface area contributed by atoms with Crippen LogP contribution < -0.4 is 5.53 Å². The quantitative estimate of drug-likeness (QED) is 0.0351. The molecule has 15 heteroatoms. The first kappa shape index (κ1) is 51.8. The maximum Gasteiger partial charge on any atom is 0.326 e. The molecule has 5 rings (SSSR count). The van der Waals surface area contributed by atoms with Crippen molar-refractivity contribution in [2.45, 2.75) is 118 Å². The molecule has 0 aliphatic heterocycles. The third-order valence-corrected chi connectivity index (χ3v) is 11.6. The second-order valence-electron chi connectivity index (χ2n) is 17.3. The Hall–Kier alpha value is -7.16. The number of carboxylic acids is 2. The SMILES string of the molecule is CCCC=Cc1cccc(-c2ccc(CC(C[C@@H](C)C(=O)OCC)N(Nn3nnc(-c4ccccc4-c4ccc(CN(C(=O)CCCC)C(C(=O)O)C(C)C)cc4)n3)C(=O)CCC(=O)O)cc2)c1. The minimum atomic E-state index is -1.14. The number of esters is 1. The molecule has 0 radical (unpaired) electrons. The lowest BCUT2D eigenvalue weighted by Crippen LogP contribution is -2.50. The Kier molecular flexibility index (Phi) is 19.6. The molecular weight excluding hydrogens is 863 g/mol. The summed E-state index contributed by atoms with van der Waals surface area (Å²) in [6.45, 7) is 11.5. The van der Waals surface area contributed by atoms with E-state index in [0.29, 0.717) is 12.0 Å². The Morgan fingerprint density at radius 1 is 0.765 bits per heavy atom. The number of amides is 2. The van der Waals surface area contributed by atoms with Crippen molar-refractivity contribution >= 4 is 35.8 Å². The number of hydrogen-bond acceptors (Lipinski definition) is 10. The van der Waals surface area contributed by atoms with Gasteiger partial charge in [-0.15, -0.1) is 10.2 Å². The van der Waals surface area contributed by atoms with E-state index in [1.54, 1.807) is 27.7 Å². The molecule has 1 heterocycles. The average Bonchev–Trinajstić information content (AvgIpc) is 3.80. The number of allylic oxidation sites excluding steroid dienone is 1. The van der Waals surface area contributed by atoms with Gasteiger partial charge >= 0.3 is 17.9 Å². The fourth-order valence-corrected chi connectivity index (χ4v) is 8.03. The molecule has 0 spiro atoms. The number of hydrazine groups is 1. The van der Waals surface area contributed by atoms with Crippen LogP contribution in [0.5, 0.6) is 0 Å². The van der Waals surface area contributed by atoms with Gasteiger partial charge in [-0.2, -0.15) is 5.53 Å². The number of carbonyl (C=O) groups excluding carboxylic acids is 3. The number of tetrazole rings is 1. The van der Waals surface area contributed by atoms with Gasteiger partial charge in [0.05, 0.1) is 25.0 Å². The van der Waals surface area contributed by atoms with Crippen molar-refractivity contribution in [3.63, 3.8) is 0 Å². The van der Waals surface area contributed by atoms with Gasteiger partial charge in [-0.1, -0.05) is 151 Å². The molecule has 0 aliphatic rings. The number of carboxylic acid groups (broad SMARTS) is 2. The summed E-state index contributed by atoms with van der Waals surface area (Å²) in [6, 6.07) is 29.6. The van der Waals surface area contributed by atoms with Crippen LogP contribution in [0.2, 0.25) is 0 Å². The summed E-state index contributed by atoms with van der Waals surface area (Å²) in [4.78, 5) is 66.9. The van der Waals surface area contributed by atoms with Crippen molar-refractivity contribution in [3.8, 4) is 33.6 Å². The van der Waals surface area contributed by atoms with Crippen molar-refractivity contribution in [3.05, 3.63) is 120 Å². The van der Waals surface area contributed by atoms with Crippen LogP contribution in [0.3, 0.4) is 0 Å². The maximum absolute atomic E-state index is 14.1. The predicted molar refractivity (Wildman–Crippen MR) is 262 cm³/mol. The molecule has 4 aromatic carbocycles. The van der Waals surface area contributed by atoms with E-state index in [-0.39, 0.29) is 56.5 Å². The van der Waals surface area contributed by atoms with E-state index in [1.807, 2.05) is 85.8 Å². The molecule has 0 saturated heterocycles. The Bertz CT molecular complexity index is 2480. The minimum Gasteiger partial charge on any atom is -0.481 e. The number of aliphatic carboxylic acids is 2. The van der Waals surface area contributed by atoms with E-state index < -0.39 is 48.2 Å². The van der Waals surface area contributed by atoms with Crippen LogP contribution in [-0.2, 0) is 41.7 Å². The van der Waals surface area contributed by atoms with Crippen LogP contribution in [0, 0.1) is 11.8 Å². The molecule has 0 saturated carbocycles. The molecule has 3 atom stereocenters. The van der Waals surface area contributed by atoms with E-state index in [4.69, 9.17) is 4.74 Å². The first-order chi connectivity index (χ1) is 32.7. The molecule has 0 fully saturated rings. The fourth-order valence-electron chi connectivity index (χ4n) is 8.03. The summed E-state index contributed by atoms with van der Waals surface area (Å²) in [5.41, 5.74) is 9.97. The molecule has 15 nitrogen and oxygen atoms in total. The zero-order valence-corrected chi connectivity index (χ0v) is 40.0. The Balaban J connectivity index is 1.44. The largest absolute Gasteiger partial charge is 0.481 e. The topological polar surface area (TPSA) is 197 Å². The van der Waals surface area contributed by atoms with E-state index >= 15 is 0 Å². The van der Waals surface area contributed by atoms with E-state index in [0.717, 1.165) is 63.1 Å². The molecule has 5 aromatic rings. The molecule has 2 unspecified atom stereocenters. The lowest BCUT2D eigenvalue weighted by Gasteiger charge is -2.33. The predicted octanol–water partition coefficient (Wildman–Crippen LogP) is 9.47. The number of nitrogens with zero attached hydrogens (tertiary/aromatic N) is 6. The normalized spacial score (nSPS) is 12.6. The van der Waals surface area contributed by atoms with Crippen molar-refractivity contribution in [2.24, 2.45) is 11.8 Å². The minimum absolute atomic E-state index is 0.138.